The fraction of sp³-hybridized carbons (Fsp3) is 0.350. The van der Waals surface area contributed by atoms with Gasteiger partial charge in [0.05, 0.1) is 5.69 Å². The van der Waals surface area contributed by atoms with Crippen molar-refractivity contribution in [2.24, 2.45) is 0 Å². The number of fused-ring (bicyclic) bond motifs is 3. The van der Waals surface area contributed by atoms with Gasteiger partial charge in [0.15, 0.2) is 0 Å². The molecule has 0 radical (unpaired) electrons. The van der Waals surface area contributed by atoms with E-state index < -0.39 is 0 Å². The van der Waals surface area contributed by atoms with Gasteiger partial charge in [0, 0.05) is 48.2 Å². The van der Waals surface area contributed by atoms with Crippen LogP contribution < -0.4 is 5.32 Å². The molecule has 0 bridgehead atoms. The van der Waals surface area contributed by atoms with E-state index in [0.29, 0.717) is 13.0 Å². The first-order valence-electron chi connectivity index (χ1n) is 9.03. The number of hydrogen-bond acceptors (Lipinski definition) is 3. The maximum absolute atomic E-state index is 13.7. The summed E-state index contributed by atoms with van der Waals surface area (Å²) in [4.78, 5) is 20.7. The summed E-state index contributed by atoms with van der Waals surface area (Å²) in [6.45, 7) is 0.783. The number of nitrogens with one attached hydrogen (secondary N) is 1. The van der Waals surface area contributed by atoms with Crippen molar-refractivity contribution in [2.45, 2.75) is 38.6 Å². The number of rotatable bonds is 5. The highest BCUT2D eigenvalue weighted by Crippen LogP contribution is 2.32. The number of aromatic nitrogens is 3. The van der Waals surface area contributed by atoms with E-state index in [2.05, 4.69) is 19.9 Å². The maximum atomic E-state index is 13.7. The van der Waals surface area contributed by atoms with E-state index in [1.807, 2.05) is 0 Å². The zero-order valence-electron chi connectivity index (χ0n) is 14.5. The van der Waals surface area contributed by atoms with Crippen molar-refractivity contribution in [2.75, 3.05) is 6.54 Å². The Kier molecular flexibility index (Phi) is 4.65. The number of carbonyl (C=O) groups is 1. The quantitative estimate of drug-likeness (QED) is 0.768. The normalized spacial score (nSPS) is 13.6. The number of amides is 1. The second kappa shape index (κ2) is 7.23. The van der Waals surface area contributed by atoms with Crippen molar-refractivity contribution in [1.82, 2.24) is 19.9 Å². The molecule has 1 amide bonds. The van der Waals surface area contributed by atoms with Gasteiger partial charge in [0.25, 0.3) is 0 Å². The molecule has 26 heavy (non-hydrogen) atoms. The standard InChI is InChI=1S/C20H21FN4O/c21-14-5-6-19-17(11-14)16-3-1-2-4-18(16)25(19)13-20(26)24-8-7-15-12-22-9-10-23-15/h5-6,9-12H,1-4,7-8,13H2,(H,24,26). The Balaban J connectivity index is 1.50. The van der Waals surface area contributed by atoms with E-state index in [4.69, 9.17) is 0 Å². The van der Waals surface area contributed by atoms with Gasteiger partial charge in [0.2, 0.25) is 5.91 Å². The van der Waals surface area contributed by atoms with Gasteiger partial charge in [-0.05, 0) is 49.4 Å². The van der Waals surface area contributed by atoms with Gasteiger partial charge >= 0.3 is 0 Å². The van der Waals surface area contributed by atoms with Crippen LogP contribution in [0.15, 0.2) is 36.8 Å². The molecule has 0 aliphatic heterocycles. The Morgan fingerprint density at radius 3 is 2.96 bits per heavy atom. The van der Waals surface area contributed by atoms with Crippen molar-refractivity contribution in [3.05, 3.63) is 59.6 Å². The molecule has 3 aromatic rings. The predicted molar refractivity (Wildman–Crippen MR) is 97.3 cm³/mol. The Labute approximate surface area is 151 Å². The third kappa shape index (κ3) is 3.31. The molecule has 0 spiro atoms. The topological polar surface area (TPSA) is 59.8 Å². The van der Waals surface area contributed by atoms with Crippen molar-refractivity contribution in [1.29, 1.82) is 0 Å². The van der Waals surface area contributed by atoms with Crippen LogP contribution in [-0.4, -0.2) is 27.0 Å². The molecular weight excluding hydrogens is 331 g/mol. The summed E-state index contributed by atoms with van der Waals surface area (Å²) in [5, 5.41) is 3.90. The van der Waals surface area contributed by atoms with Gasteiger partial charge in [-0.3, -0.25) is 14.8 Å². The van der Waals surface area contributed by atoms with Crippen LogP contribution in [0, 0.1) is 5.82 Å². The largest absolute Gasteiger partial charge is 0.354 e. The third-order valence-electron chi connectivity index (χ3n) is 4.96. The fourth-order valence-corrected chi connectivity index (χ4v) is 3.78. The Bertz CT molecular complexity index is 936. The Morgan fingerprint density at radius 1 is 1.23 bits per heavy atom. The molecule has 0 saturated heterocycles. The molecule has 2 aromatic heterocycles. The van der Waals surface area contributed by atoms with Crippen molar-refractivity contribution < 1.29 is 9.18 Å². The molecule has 1 N–H and O–H groups in total. The van der Waals surface area contributed by atoms with Crippen LogP contribution in [0.5, 0.6) is 0 Å². The van der Waals surface area contributed by atoms with Crippen LogP contribution in [-0.2, 0) is 30.6 Å². The van der Waals surface area contributed by atoms with Gasteiger partial charge < -0.3 is 9.88 Å². The monoisotopic (exact) mass is 352 g/mol. The summed E-state index contributed by atoms with van der Waals surface area (Å²) in [5.74, 6) is -0.264. The summed E-state index contributed by atoms with van der Waals surface area (Å²) in [6.07, 6.45) is 9.76. The van der Waals surface area contributed by atoms with Crippen LogP contribution in [0.2, 0.25) is 0 Å². The molecule has 0 atom stereocenters. The Morgan fingerprint density at radius 2 is 2.12 bits per heavy atom. The maximum Gasteiger partial charge on any atom is 0.239 e. The van der Waals surface area contributed by atoms with E-state index in [-0.39, 0.29) is 18.3 Å². The average Bonchev–Trinajstić information content (AvgIpc) is 2.96. The molecule has 0 fully saturated rings. The summed E-state index contributed by atoms with van der Waals surface area (Å²) in [5.41, 5.74) is 4.19. The number of carbonyl (C=O) groups excluding carboxylic acids is 1. The highest BCUT2D eigenvalue weighted by atomic mass is 19.1. The first kappa shape index (κ1) is 16.7. The predicted octanol–water partition coefficient (Wildman–Crippen LogP) is 2.81. The van der Waals surface area contributed by atoms with E-state index in [1.165, 1.54) is 17.3 Å². The van der Waals surface area contributed by atoms with E-state index in [0.717, 1.165) is 42.3 Å². The van der Waals surface area contributed by atoms with Gasteiger partial charge in [-0.2, -0.15) is 0 Å². The minimum absolute atomic E-state index is 0.0384. The number of halogens is 1. The molecule has 0 saturated carbocycles. The second-order valence-electron chi connectivity index (χ2n) is 6.68. The SMILES string of the molecule is O=C(Cn1c2c(c3cc(F)ccc31)CCCC2)NCCc1cnccn1. The molecule has 1 aromatic carbocycles. The molecule has 6 heteroatoms. The van der Waals surface area contributed by atoms with Crippen LogP contribution in [0.1, 0.15) is 29.8 Å². The van der Waals surface area contributed by atoms with Crippen LogP contribution in [0.3, 0.4) is 0 Å². The third-order valence-corrected chi connectivity index (χ3v) is 4.96. The average molecular weight is 352 g/mol. The molecular formula is C20H21FN4O. The van der Waals surface area contributed by atoms with Gasteiger partial charge in [-0.25, -0.2) is 4.39 Å². The first-order valence-corrected chi connectivity index (χ1v) is 9.03. The van der Waals surface area contributed by atoms with E-state index >= 15 is 0 Å². The molecule has 4 rings (SSSR count). The molecule has 134 valence electrons. The van der Waals surface area contributed by atoms with E-state index in [1.54, 1.807) is 30.7 Å². The van der Waals surface area contributed by atoms with Crippen LogP contribution in [0.4, 0.5) is 4.39 Å². The summed E-state index contributed by atoms with van der Waals surface area (Å²) < 4.78 is 15.8. The van der Waals surface area contributed by atoms with Crippen molar-refractivity contribution in [3.63, 3.8) is 0 Å². The lowest BCUT2D eigenvalue weighted by molar-refractivity contribution is -0.121. The van der Waals surface area contributed by atoms with Crippen LogP contribution in [0.25, 0.3) is 10.9 Å². The first-order chi connectivity index (χ1) is 12.7. The highest BCUT2D eigenvalue weighted by Gasteiger charge is 2.21. The van der Waals surface area contributed by atoms with Crippen molar-refractivity contribution in [3.8, 4) is 0 Å². The molecule has 2 heterocycles. The summed E-state index contributed by atoms with van der Waals surface area (Å²) in [7, 11) is 0. The lowest BCUT2D eigenvalue weighted by Crippen LogP contribution is -2.30. The molecule has 1 aliphatic rings. The molecule has 5 nitrogen and oxygen atoms in total. The van der Waals surface area contributed by atoms with Gasteiger partial charge in [-0.1, -0.05) is 0 Å². The number of aryl methyl sites for hydroxylation is 1. The lowest BCUT2D eigenvalue weighted by Gasteiger charge is -2.16. The second-order valence-corrected chi connectivity index (χ2v) is 6.68. The summed E-state index contributed by atoms with van der Waals surface area (Å²) >= 11 is 0. The fourth-order valence-electron chi connectivity index (χ4n) is 3.78. The molecule has 1 aliphatic carbocycles. The zero-order chi connectivity index (χ0) is 17.9. The summed E-state index contributed by atoms with van der Waals surface area (Å²) in [6, 6.07) is 4.86. The van der Waals surface area contributed by atoms with Gasteiger partial charge in [-0.15, -0.1) is 0 Å². The van der Waals surface area contributed by atoms with Crippen molar-refractivity contribution >= 4 is 16.8 Å². The van der Waals surface area contributed by atoms with E-state index in [9.17, 15) is 9.18 Å². The number of nitrogens with zero attached hydrogens (tertiary/aromatic N) is 3. The minimum Gasteiger partial charge on any atom is -0.354 e. The number of hydrogen-bond donors (Lipinski definition) is 1. The molecule has 0 unspecified atom stereocenters. The smallest absolute Gasteiger partial charge is 0.239 e. The van der Waals surface area contributed by atoms with Gasteiger partial charge in [0.1, 0.15) is 12.4 Å². The van der Waals surface area contributed by atoms with Crippen LogP contribution >= 0.6 is 0 Å². The lowest BCUT2D eigenvalue weighted by atomic mass is 9.95. The minimum atomic E-state index is -0.226. The zero-order valence-corrected chi connectivity index (χ0v) is 14.5. The number of benzene rings is 1. The highest BCUT2D eigenvalue weighted by molar-refractivity contribution is 5.88. The Hall–Kier alpha value is -2.76.